The molecule has 0 amide bonds. The average Bonchev–Trinajstić information content (AvgIpc) is 2.53. The Bertz CT molecular complexity index is 747. The fourth-order valence-electron chi connectivity index (χ4n) is 1.76. The standard InChI is InChI=1S/C15H17FN2O3S2/c1-18(2)23(20,21)13-7-8-15(17-9-13)22-10-14(19)11-3-5-12(16)6-4-11/h3-9,14,19H,10H2,1-2H3. The number of hydrogen-bond donors (Lipinski definition) is 1. The molecule has 5 nitrogen and oxygen atoms in total. The first-order valence-electron chi connectivity index (χ1n) is 6.75. The van der Waals surface area contributed by atoms with E-state index in [0.29, 0.717) is 16.3 Å². The van der Waals surface area contributed by atoms with Crippen LogP contribution in [0.1, 0.15) is 11.7 Å². The zero-order chi connectivity index (χ0) is 17.0. The van der Waals surface area contributed by atoms with Crippen LogP contribution in [-0.4, -0.2) is 42.7 Å². The fraction of sp³-hybridized carbons (Fsp3) is 0.267. The lowest BCUT2D eigenvalue weighted by Crippen LogP contribution is -2.22. The third-order valence-corrected chi connectivity index (χ3v) is 5.95. The first kappa shape index (κ1) is 17.9. The van der Waals surface area contributed by atoms with Crippen molar-refractivity contribution >= 4 is 21.8 Å². The van der Waals surface area contributed by atoms with Crippen LogP contribution in [0.4, 0.5) is 4.39 Å². The van der Waals surface area contributed by atoms with Gasteiger partial charge in [0.25, 0.3) is 0 Å². The zero-order valence-corrected chi connectivity index (χ0v) is 14.3. The van der Waals surface area contributed by atoms with Crippen molar-refractivity contribution in [3.63, 3.8) is 0 Å². The fourth-order valence-corrected chi connectivity index (χ4v) is 3.42. The lowest BCUT2D eigenvalue weighted by molar-refractivity contribution is 0.204. The van der Waals surface area contributed by atoms with Crippen molar-refractivity contribution in [1.29, 1.82) is 0 Å². The van der Waals surface area contributed by atoms with Gasteiger partial charge in [-0.05, 0) is 29.8 Å². The molecular formula is C15H17FN2O3S2. The maximum Gasteiger partial charge on any atom is 0.244 e. The van der Waals surface area contributed by atoms with Gasteiger partial charge in [-0.3, -0.25) is 0 Å². The van der Waals surface area contributed by atoms with Crippen LogP contribution < -0.4 is 0 Å². The molecule has 0 saturated carbocycles. The Labute approximate surface area is 139 Å². The van der Waals surface area contributed by atoms with Crippen molar-refractivity contribution in [2.45, 2.75) is 16.0 Å². The van der Waals surface area contributed by atoms with Crippen molar-refractivity contribution in [1.82, 2.24) is 9.29 Å². The molecule has 0 bridgehead atoms. The third kappa shape index (κ3) is 4.51. The summed E-state index contributed by atoms with van der Waals surface area (Å²) in [6.07, 6.45) is 0.537. The van der Waals surface area contributed by atoms with Gasteiger partial charge in [0.1, 0.15) is 10.7 Å². The molecule has 0 saturated heterocycles. The molecule has 8 heteroatoms. The number of benzene rings is 1. The van der Waals surface area contributed by atoms with Crippen molar-refractivity contribution in [2.75, 3.05) is 19.8 Å². The van der Waals surface area contributed by atoms with Gasteiger partial charge in [0.2, 0.25) is 10.0 Å². The summed E-state index contributed by atoms with van der Waals surface area (Å²) in [5, 5.41) is 10.7. The van der Waals surface area contributed by atoms with Crippen LogP contribution >= 0.6 is 11.8 Å². The van der Waals surface area contributed by atoms with Gasteiger partial charge in [-0.15, -0.1) is 11.8 Å². The van der Waals surface area contributed by atoms with Crippen molar-refractivity contribution in [2.24, 2.45) is 0 Å². The molecule has 0 aliphatic heterocycles. The van der Waals surface area contributed by atoms with Crippen LogP contribution in [0.25, 0.3) is 0 Å². The number of thioether (sulfide) groups is 1. The SMILES string of the molecule is CN(C)S(=O)(=O)c1ccc(SCC(O)c2ccc(F)cc2)nc1. The largest absolute Gasteiger partial charge is 0.388 e. The van der Waals surface area contributed by atoms with E-state index in [9.17, 15) is 17.9 Å². The summed E-state index contributed by atoms with van der Waals surface area (Å²) in [5.41, 5.74) is 0.616. The molecular weight excluding hydrogens is 339 g/mol. The van der Waals surface area contributed by atoms with Crippen LogP contribution in [0.3, 0.4) is 0 Å². The van der Waals surface area contributed by atoms with E-state index in [0.717, 1.165) is 4.31 Å². The lowest BCUT2D eigenvalue weighted by Gasteiger charge is -2.12. The Hall–Kier alpha value is -1.48. The smallest absolute Gasteiger partial charge is 0.244 e. The Morgan fingerprint density at radius 1 is 1.22 bits per heavy atom. The van der Waals surface area contributed by atoms with Crippen molar-refractivity contribution in [3.05, 3.63) is 54.0 Å². The summed E-state index contributed by atoms with van der Waals surface area (Å²) in [7, 11) is -0.585. The third-order valence-electron chi connectivity index (χ3n) is 3.13. The minimum Gasteiger partial charge on any atom is -0.388 e. The number of aromatic nitrogens is 1. The lowest BCUT2D eigenvalue weighted by atomic mass is 10.1. The second kappa shape index (κ2) is 7.39. The predicted octanol–water partition coefficient (Wildman–Crippen LogP) is 2.30. The van der Waals surface area contributed by atoms with E-state index in [1.807, 2.05) is 0 Å². The first-order chi connectivity index (χ1) is 10.8. The molecule has 124 valence electrons. The van der Waals surface area contributed by atoms with Crippen LogP contribution in [0.5, 0.6) is 0 Å². The first-order valence-corrected chi connectivity index (χ1v) is 9.18. The van der Waals surface area contributed by atoms with Crippen molar-refractivity contribution in [3.8, 4) is 0 Å². The van der Waals surface area contributed by atoms with Gasteiger partial charge in [-0.2, -0.15) is 0 Å². The van der Waals surface area contributed by atoms with Gasteiger partial charge in [-0.25, -0.2) is 22.1 Å². The number of nitrogens with zero attached hydrogens (tertiary/aromatic N) is 2. The van der Waals surface area contributed by atoms with Gasteiger partial charge in [-0.1, -0.05) is 12.1 Å². The Kier molecular flexibility index (Phi) is 5.74. The molecule has 0 radical (unpaired) electrons. The molecule has 1 atom stereocenters. The normalized spacial score (nSPS) is 13.3. The second-order valence-corrected chi connectivity index (χ2v) is 8.19. The number of hydrogen-bond acceptors (Lipinski definition) is 5. The Morgan fingerprint density at radius 3 is 2.39 bits per heavy atom. The summed E-state index contributed by atoms with van der Waals surface area (Å²) in [6.45, 7) is 0. The van der Waals surface area contributed by atoms with Gasteiger partial charge in [0.05, 0.1) is 11.1 Å². The number of rotatable bonds is 6. The van der Waals surface area contributed by atoms with Gasteiger partial charge in [0.15, 0.2) is 0 Å². The predicted molar refractivity (Wildman–Crippen MR) is 87.2 cm³/mol. The Balaban J connectivity index is 2.00. The van der Waals surface area contributed by atoms with Crippen LogP contribution in [0.2, 0.25) is 0 Å². The maximum atomic E-state index is 12.8. The van der Waals surface area contributed by atoms with Crippen LogP contribution in [0, 0.1) is 5.82 Å². The van der Waals surface area contributed by atoms with Crippen molar-refractivity contribution < 1.29 is 17.9 Å². The van der Waals surface area contributed by atoms with E-state index in [2.05, 4.69) is 4.98 Å². The highest BCUT2D eigenvalue weighted by atomic mass is 32.2. The molecule has 23 heavy (non-hydrogen) atoms. The summed E-state index contributed by atoms with van der Waals surface area (Å²) in [5.74, 6) is -0.0220. The van der Waals surface area contributed by atoms with Gasteiger partial charge in [0, 0.05) is 26.0 Å². The molecule has 1 N–H and O–H groups in total. The van der Waals surface area contributed by atoms with Gasteiger partial charge < -0.3 is 5.11 Å². The number of halogens is 1. The minimum atomic E-state index is -3.50. The maximum absolute atomic E-state index is 12.8. The molecule has 1 unspecified atom stereocenters. The van der Waals surface area contributed by atoms with E-state index >= 15 is 0 Å². The molecule has 0 spiro atoms. The van der Waals surface area contributed by atoms with Crippen LogP contribution in [-0.2, 0) is 10.0 Å². The summed E-state index contributed by atoms with van der Waals surface area (Å²) in [4.78, 5) is 4.21. The molecule has 0 fully saturated rings. The molecule has 1 aromatic heterocycles. The second-order valence-electron chi connectivity index (χ2n) is 5.00. The average molecular weight is 356 g/mol. The molecule has 2 rings (SSSR count). The molecule has 1 heterocycles. The summed E-state index contributed by atoms with van der Waals surface area (Å²) < 4.78 is 37.8. The number of sulfonamides is 1. The summed E-state index contributed by atoms with van der Waals surface area (Å²) >= 11 is 1.29. The molecule has 0 aliphatic rings. The highest BCUT2D eigenvalue weighted by Gasteiger charge is 2.17. The molecule has 0 aliphatic carbocycles. The highest BCUT2D eigenvalue weighted by Crippen LogP contribution is 2.24. The van der Waals surface area contributed by atoms with E-state index in [4.69, 9.17) is 0 Å². The highest BCUT2D eigenvalue weighted by molar-refractivity contribution is 7.99. The van der Waals surface area contributed by atoms with Crippen LogP contribution in [0.15, 0.2) is 52.5 Å². The molecule has 1 aromatic carbocycles. The topological polar surface area (TPSA) is 70.5 Å². The Morgan fingerprint density at radius 2 is 1.87 bits per heavy atom. The number of aliphatic hydroxyl groups is 1. The van der Waals surface area contributed by atoms with E-state index < -0.39 is 16.1 Å². The zero-order valence-electron chi connectivity index (χ0n) is 12.7. The van der Waals surface area contributed by atoms with E-state index in [1.54, 1.807) is 6.07 Å². The summed E-state index contributed by atoms with van der Waals surface area (Å²) in [6, 6.07) is 8.72. The quantitative estimate of drug-likeness (QED) is 0.804. The van der Waals surface area contributed by atoms with Gasteiger partial charge >= 0.3 is 0 Å². The number of aliphatic hydroxyl groups excluding tert-OH is 1. The monoisotopic (exact) mass is 356 g/mol. The molecule has 2 aromatic rings. The minimum absolute atomic E-state index is 0.117. The van der Waals surface area contributed by atoms with E-state index in [1.165, 1.54) is 62.4 Å². The number of pyridine rings is 1. The van der Waals surface area contributed by atoms with E-state index in [-0.39, 0.29) is 10.7 Å².